The standard InChI is InChI=1S/C8H15NS/c1-7-6-9(2)5-4-8(7)10-3/h4-6H2,1-3H3. The minimum Gasteiger partial charge on any atom is -0.302 e. The van der Waals surface area contributed by atoms with E-state index in [1.54, 1.807) is 10.5 Å². The fraction of sp³-hybridized carbons (Fsp3) is 0.750. The Balaban J connectivity index is 2.61. The first-order chi connectivity index (χ1) is 4.74. The second-order valence-electron chi connectivity index (χ2n) is 2.90. The van der Waals surface area contributed by atoms with E-state index in [4.69, 9.17) is 0 Å². The highest BCUT2D eigenvalue weighted by atomic mass is 32.2. The molecular formula is C8H15NS. The minimum atomic E-state index is 1.16. The van der Waals surface area contributed by atoms with Crippen LogP contribution < -0.4 is 0 Å². The maximum absolute atomic E-state index is 2.37. The summed E-state index contributed by atoms with van der Waals surface area (Å²) in [5, 5.41) is 0. The molecule has 10 heavy (non-hydrogen) atoms. The highest BCUT2D eigenvalue weighted by Crippen LogP contribution is 2.24. The van der Waals surface area contributed by atoms with E-state index in [0.717, 1.165) is 6.54 Å². The molecule has 0 radical (unpaired) electrons. The number of nitrogens with zero attached hydrogens (tertiary/aromatic N) is 1. The zero-order valence-electron chi connectivity index (χ0n) is 6.98. The largest absolute Gasteiger partial charge is 0.302 e. The molecule has 0 atom stereocenters. The molecule has 0 N–H and O–H groups in total. The summed E-state index contributed by atoms with van der Waals surface area (Å²) < 4.78 is 0. The first-order valence-electron chi connectivity index (χ1n) is 3.65. The molecule has 2 heteroatoms. The molecule has 0 bridgehead atoms. The third-order valence-electron chi connectivity index (χ3n) is 1.95. The van der Waals surface area contributed by atoms with Crippen molar-refractivity contribution in [3.05, 3.63) is 10.5 Å². The van der Waals surface area contributed by atoms with Gasteiger partial charge in [0, 0.05) is 13.1 Å². The molecule has 0 fully saturated rings. The Morgan fingerprint density at radius 2 is 2.20 bits per heavy atom. The van der Waals surface area contributed by atoms with Gasteiger partial charge in [0.1, 0.15) is 0 Å². The average Bonchev–Trinajstić information content (AvgIpc) is 1.88. The molecule has 0 aromatic heterocycles. The van der Waals surface area contributed by atoms with E-state index in [2.05, 4.69) is 25.1 Å². The maximum Gasteiger partial charge on any atom is 0.0198 e. The van der Waals surface area contributed by atoms with Crippen LogP contribution in [0.15, 0.2) is 10.5 Å². The summed E-state index contributed by atoms with van der Waals surface area (Å²) in [6, 6.07) is 0. The van der Waals surface area contributed by atoms with Crippen LogP contribution in [0.3, 0.4) is 0 Å². The van der Waals surface area contributed by atoms with Crippen molar-refractivity contribution >= 4 is 11.8 Å². The van der Waals surface area contributed by atoms with Crippen LogP contribution >= 0.6 is 11.8 Å². The molecule has 0 saturated heterocycles. The molecule has 0 spiro atoms. The first kappa shape index (κ1) is 8.15. The van der Waals surface area contributed by atoms with Crippen LogP contribution in [0.1, 0.15) is 13.3 Å². The van der Waals surface area contributed by atoms with Gasteiger partial charge in [0.25, 0.3) is 0 Å². The molecule has 0 saturated carbocycles. The predicted molar refractivity (Wildman–Crippen MR) is 48.3 cm³/mol. The van der Waals surface area contributed by atoms with E-state index < -0.39 is 0 Å². The summed E-state index contributed by atoms with van der Waals surface area (Å²) in [6.45, 7) is 4.63. The quantitative estimate of drug-likeness (QED) is 0.572. The molecule has 1 aliphatic heterocycles. The fourth-order valence-electron chi connectivity index (χ4n) is 1.35. The molecule has 1 nitrogen and oxygen atoms in total. The third kappa shape index (κ3) is 1.77. The highest BCUT2D eigenvalue weighted by Gasteiger charge is 2.11. The molecule has 0 aromatic rings. The summed E-state index contributed by atoms with van der Waals surface area (Å²) in [7, 11) is 2.18. The second-order valence-corrected chi connectivity index (χ2v) is 3.80. The number of rotatable bonds is 1. The molecule has 0 unspecified atom stereocenters. The second kappa shape index (κ2) is 3.44. The van der Waals surface area contributed by atoms with Gasteiger partial charge in [0.15, 0.2) is 0 Å². The predicted octanol–water partition coefficient (Wildman–Crippen LogP) is 1.96. The van der Waals surface area contributed by atoms with Gasteiger partial charge in [-0.15, -0.1) is 11.8 Å². The lowest BCUT2D eigenvalue weighted by molar-refractivity contribution is 0.353. The van der Waals surface area contributed by atoms with E-state index in [1.165, 1.54) is 13.0 Å². The Kier molecular flexibility index (Phi) is 2.81. The summed E-state index contributed by atoms with van der Waals surface area (Å²) in [5.74, 6) is 0. The van der Waals surface area contributed by atoms with Crippen molar-refractivity contribution in [2.75, 3.05) is 26.4 Å². The van der Waals surface area contributed by atoms with Gasteiger partial charge in [-0.1, -0.05) is 0 Å². The van der Waals surface area contributed by atoms with E-state index in [-0.39, 0.29) is 0 Å². The highest BCUT2D eigenvalue weighted by molar-refractivity contribution is 8.02. The zero-order chi connectivity index (χ0) is 7.56. The molecule has 0 aliphatic carbocycles. The van der Waals surface area contributed by atoms with Gasteiger partial charge in [0.05, 0.1) is 0 Å². The summed E-state index contributed by atoms with van der Waals surface area (Å²) in [6.07, 6.45) is 3.42. The van der Waals surface area contributed by atoms with Gasteiger partial charge in [0.2, 0.25) is 0 Å². The van der Waals surface area contributed by atoms with Crippen molar-refractivity contribution < 1.29 is 0 Å². The van der Waals surface area contributed by atoms with Crippen LogP contribution in [0, 0.1) is 0 Å². The van der Waals surface area contributed by atoms with Crippen molar-refractivity contribution in [3.8, 4) is 0 Å². The monoisotopic (exact) mass is 157 g/mol. The zero-order valence-corrected chi connectivity index (χ0v) is 7.79. The van der Waals surface area contributed by atoms with Crippen LogP contribution in [-0.4, -0.2) is 31.3 Å². The number of hydrogen-bond acceptors (Lipinski definition) is 2. The van der Waals surface area contributed by atoms with Crippen molar-refractivity contribution in [3.63, 3.8) is 0 Å². The Hall–Kier alpha value is 0.0500. The lowest BCUT2D eigenvalue weighted by Crippen LogP contribution is -2.26. The Morgan fingerprint density at radius 1 is 1.50 bits per heavy atom. The van der Waals surface area contributed by atoms with Crippen molar-refractivity contribution in [2.24, 2.45) is 0 Å². The Morgan fingerprint density at radius 3 is 2.70 bits per heavy atom. The van der Waals surface area contributed by atoms with Crippen LogP contribution in [-0.2, 0) is 0 Å². The fourth-order valence-corrected chi connectivity index (χ4v) is 2.06. The molecular weight excluding hydrogens is 142 g/mol. The summed E-state index contributed by atoms with van der Waals surface area (Å²) >= 11 is 1.91. The SMILES string of the molecule is CSC1=C(C)CN(C)CC1. The van der Waals surface area contributed by atoms with Crippen molar-refractivity contribution in [1.29, 1.82) is 0 Å². The smallest absolute Gasteiger partial charge is 0.0198 e. The molecule has 58 valence electrons. The lowest BCUT2D eigenvalue weighted by Gasteiger charge is -2.24. The Bertz CT molecular complexity index is 151. The summed E-state index contributed by atoms with van der Waals surface area (Å²) in [5.41, 5.74) is 1.56. The topological polar surface area (TPSA) is 3.24 Å². The number of thioether (sulfide) groups is 1. The summed E-state index contributed by atoms with van der Waals surface area (Å²) in [4.78, 5) is 3.97. The van der Waals surface area contributed by atoms with E-state index in [1.807, 2.05) is 11.8 Å². The molecule has 1 rings (SSSR count). The van der Waals surface area contributed by atoms with Gasteiger partial charge in [-0.05, 0) is 37.1 Å². The van der Waals surface area contributed by atoms with E-state index >= 15 is 0 Å². The van der Waals surface area contributed by atoms with Crippen LogP contribution in [0.2, 0.25) is 0 Å². The van der Waals surface area contributed by atoms with Gasteiger partial charge >= 0.3 is 0 Å². The average molecular weight is 157 g/mol. The molecule has 0 amide bonds. The van der Waals surface area contributed by atoms with Crippen LogP contribution in [0.4, 0.5) is 0 Å². The van der Waals surface area contributed by atoms with Crippen molar-refractivity contribution in [1.82, 2.24) is 4.90 Å². The minimum absolute atomic E-state index is 1.16. The molecule has 1 heterocycles. The molecule has 0 aromatic carbocycles. The van der Waals surface area contributed by atoms with Gasteiger partial charge < -0.3 is 4.90 Å². The number of likely N-dealkylation sites (N-methyl/N-ethyl adjacent to an activating group) is 1. The van der Waals surface area contributed by atoms with Gasteiger partial charge in [-0.25, -0.2) is 0 Å². The van der Waals surface area contributed by atoms with E-state index in [9.17, 15) is 0 Å². The number of hydrogen-bond donors (Lipinski definition) is 0. The van der Waals surface area contributed by atoms with Gasteiger partial charge in [-0.2, -0.15) is 0 Å². The Labute approximate surface area is 67.5 Å². The maximum atomic E-state index is 2.37. The van der Waals surface area contributed by atoms with Crippen LogP contribution in [0.25, 0.3) is 0 Å². The van der Waals surface area contributed by atoms with Crippen molar-refractivity contribution in [2.45, 2.75) is 13.3 Å². The first-order valence-corrected chi connectivity index (χ1v) is 4.87. The van der Waals surface area contributed by atoms with E-state index in [0.29, 0.717) is 0 Å². The van der Waals surface area contributed by atoms with Gasteiger partial charge in [-0.3, -0.25) is 0 Å². The third-order valence-corrected chi connectivity index (χ3v) is 3.00. The normalized spacial score (nSPS) is 21.9. The molecule has 1 aliphatic rings. The lowest BCUT2D eigenvalue weighted by atomic mass is 10.1. The van der Waals surface area contributed by atoms with Crippen LogP contribution in [0.5, 0.6) is 0 Å².